The smallest absolute Gasteiger partial charge is 0.0738 e. The second-order valence-corrected chi connectivity index (χ2v) is 6.91. The largest absolute Gasteiger partial charge is 0.317 e. The average Bonchev–Trinajstić information content (AvgIpc) is 2.53. The van der Waals surface area contributed by atoms with Crippen LogP contribution in [0.2, 0.25) is 0 Å². The van der Waals surface area contributed by atoms with E-state index in [0.717, 1.165) is 25.1 Å². The van der Waals surface area contributed by atoms with Crippen molar-refractivity contribution in [3.8, 4) is 0 Å². The number of nitrogens with one attached hydrogen (secondary N) is 1. The van der Waals surface area contributed by atoms with Gasteiger partial charge in [-0.05, 0) is 48.7 Å². The summed E-state index contributed by atoms with van der Waals surface area (Å²) in [7, 11) is 2.05. The molecule has 0 aliphatic rings. The quantitative estimate of drug-likeness (QED) is 0.900. The number of likely N-dealkylation sites (N-methyl/N-ethyl adjacent to an activating group) is 1. The zero-order valence-electron chi connectivity index (χ0n) is 12.5. The van der Waals surface area contributed by atoms with Gasteiger partial charge in [0, 0.05) is 19.0 Å². The van der Waals surface area contributed by atoms with Crippen molar-refractivity contribution in [2.24, 2.45) is 5.41 Å². The van der Waals surface area contributed by atoms with Crippen molar-refractivity contribution in [3.63, 3.8) is 0 Å². The Hall–Kier alpha value is -0.350. The highest BCUT2D eigenvalue weighted by molar-refractivity contribution is 9.10. The predicted molar refractivity (Wildman–Crippen MR) is 81.0 cm³/mol. The minimum absolute atomic E-state index is 0.340. The van der Waals surface area contributed by atoms with Gasteiger partial charge in [-0.1, -0.05) is 20.8 Å². The molecular weight excluding hydrogens is 290 g/mol. The van der Waals surface area contributed by atoms with E-state index in [1.54, 1.807) is 0 Å². The molecule has 1 unspecified atom stereocenters. The molecular formula is C14H26BrN3. The first-order valence-corrected chi connectivity index (χ1v) is 7.46. The number of aryl methyl sites for hydroxylation is 2. The van der Waals surface area contributed by atoms with E-state index in [1.165, 1.54) is 10.2 Å². The molecule has 0 aliphatic heterocycles. The minimum Gasteiger partial charge on any atom is -0.317 e. The number of nitrogens with zero attached hydrogens (tertiary/aromatic N) is 2. The molecule has 104 valence electrons. The molecule has 0 aliphatic carbocycles. The summed E-state index contributed by atoms with van der Waals surface area (Å²) in [4.78, 5) is 0. The van der Waals surface area contributed by atoms with Crippen LogP contribution in [0.15, 0.2) is 4.47 Å². The first-order chi connectivity index (χ1) is 8.28. The number of hydrogen-bond acceptors (Lipinski definition) is 2. The van der Waals surface area contributed by atoms with Crippen molar-refractivity contribution >= 4 is 15.9 Å². The molecule has 0 amide bonds. The Balaban J connectivity index is 2.88. The monoisotopic (exact) mass is 315 g/mol. The van der Waals surface area contributed by atoms with Crippen LogP contribution in [-0.2, 0) is 13.0 Å². The molecule has 0 bridgehead atoms. The zero-order chi connectivity index (χ0) is 13.9. The Labute approximate surface area is 119 Å². The summed E-state index contributed by atoms with van der Waals surface area (Å²) in [5.41, 5.74) is 2.72. The maximum absolute atomic E-state index is 4.55. The third-order valence-electron chi connectivity index (χ3n) is 3.16. The van der Waals surface area contributed by atoms with Crippen LogP contribution < -0.4 is 5.32 Å². The Bertz CT molecular complexity index is 390. The second-order valence-electron chi connectivity index (χ2n) is 6.12. The molecule has 0 spiro atoms. The van der Waals surface area contributed by atoms with E-state index in [4.69, 9.17) is 0 Å². The standard InChI is InChI=1S/C14H26BrN3/c1-7-18-12(13(15)10(2)17-18)8-11(16-6)9-14(3,4)5/h11,16H,7-9H2,1-6H3. The molecule has 0 saturated carbocycles. The van der Waals surface area contributed by atoms with E-state index in [9.17, 15) is 0 Å². The van der Waals surface area contributed by atoms with E-state index in [1.807, 2.05) is 7.05 Å². The maximum atomic E-state index is 4.55. The number of rotatable bonds is 5. The molecule has 1 aromatic rings. The van der Waals surface area contributed by atoms with Crippen molar-refractivity contribution in [3.05, 3.63) is 15.9 Å². The fourth-order valence-electron chi connectivity index (χ4n) is 2.31. The van der Waals surface area contributed by atoms with Gasteiger partial charge in [-0.25, -0.2) is 0 Å². The van der Waals surface area contributed by atoms with Crippen LogP contribution in [0.3, 0.4) is 0 Å². The van der Waals surface area contributed by atoms with Gasteiger partial charge >= 0.3 is 0 Å². The lowest BCUT2D eigenvalue weighted by molar-refractivity contribution is 0.312. The van der Waals surface area contributed by atoms with Crippen LogP contribution in [0.25, 0.3) is 0 Å². The van der Waals surface area contributed by atoms with Crippen LogP contribution >= 0.6 is 15.9 Å². The number of hydrogen-bond donors (Lipinski definition) is 1. The fourth-order valence-corrected chi connectivity index (χ4v) is 2.76. The molecule has 0 saturated heterocycles. The molecule has 1 atom stereocenters. The van der Waals surface area contributed by atoms with Gasteiger partial charge < -0.3 is 5.32 Å². The topological polar surface area (TPSA) is 29.9 Å². The van der Waals surface area contributed by atoms with Crippen molar-refractivity contribution in [1.29, 1.82) is 0 Å². The Kier molecular flexibility index (Phi) is 5.41. The first kappa shape index (κ1) is 15.7. The third-order valence-corrected chi connectivity index (χ3v) is 4.19. The van der Waals surface area contributed by atoms with Crippen LogP contribution in [0, 0.1) is 12.3 Å². The highest BCUT2D eigenvalue weighted by Gasteiger charge is 2.21. The van der Waals surface area contributed by atoms with Gasteiger partial charge in [0.1, 0.15) is 0 Å². The summed E-state index contributed by atoms with van der Waals surface area (Å²) >= 11 is 3.67. The van der Waals surface area contributed by atoms with E-state index in [-0.39, 0.29) is 0 Å². The summed E-state index contributed by atoms with van der Waals surface area (Å²) in [5, 5.41) is 7.99. The molecule has 1 N–H and O–H groups in total. The molecule has 1 heterocycles. The van der Waals surface area contributed by atoms with Gasteiger partial charge in [-0.2, -0.15) is 5.10 Å². The lowest BCUT2D eigenvalue weighted by atomic mass is 9.86. The van der Waals surface area contributed by atoms with Gasteiger partial charge in [-0.15, -0.1) is 0 Å². The second kappa shape index (κ2) is 6.20. The van der Waals surface area contributed by atoms with Crippen molar-refractivity contribution < 1.29 is 0 Å². The summed E-state index contributed by atoms with van der Waals surface area (Å²) in [5.74, 6) is 0. The minimum atomic E-state index is 0.340. The lowest BCUT2D eigenvalue weighted by Crippen LogP contribution is -2.32. The van der Waals surface area contributed by atoms with Crippen molar-refractivity contribution in [2.45, 2.75) is 60.0 Å². The summed E-state index contributed by atoms with van der Waals surface area (Å²) in [6.07, 6.45) is 2.17. The summed E-state index contributed by atoms with van der Waals surface area (Å²) in [6, 6.07) is 0.489. The number of halogens is 1. The van der Waals surface area contributed by atoms with Gasteiger partial charge in [0.15, 0.2) is 0 Å². The SMILES string of the molecule is CCn1nc(C)c(Br)c1CC(CC(C)(C)C)NC. The first-order valence-electron chi connectivity index (χ1n) is 6.67. The normalized spacial score (nSPS) is 13.9. The Morgan fingerprint density at radius 1 is 1.39 bits per heavy atom. The lowest BCUT2D eigenvalue weighted by Gasteiger charge is -2.26. The van der Waals surface area contributed by atoms with Gasteiger partial charge in [-0.3, -0.25) is 4.68 Å². The predicted octanol–water partition coefficient (Wildman–Crippen LogP) is 3.54. The third kappa shape index (κ3) is 4.09. The average molecular weight is 316 g/mol. The molecule has 1 aromatic heterocycles. The van der Waals surface area contributed by atoms with E-state index < -0.39 is 0 Å². The van der Waals surface area contributed by atoms with Crippen LogP contribution in [0.4, 0.5) is 0 Å². The molecule has 0 radical (unpaired) electrons. The van der Waals surface area contributed by atoms with Crippen molar-refractivity contribution in [1.82, 2.24) is 15.1 Å². The van der Waals surface area contributed by atoms with Crippen LogP contribution in [0.1, 0.15) is 45.5 Å². The highest BCUT2D eigenvalue weighted by Crippen LogP contribution is 2.26. The van der Waals surface area contributed by atoms with E-state index >= 15 is 0 Å². The molecule has 3 nitrogen and oxygen atoms in total. The van der Waals surface area contributed by atoms with Gasteiger partial charge in [0.2, 0.25) is 0 Å². The van der Waals surface area contributed by atoms with Gasteiger partial charge in [0.25, 0.3) is 0 Å². The number of aromatic nitrogens is 2. The van der Waals surface area contributed by atoms with Crippen molar-refractivity contribution in [2.75, 3.05) is 7.05 Å². The molecule has 18 heavy (non-hydrogen) atoms. The molecule has 0 fully saturated rings. The zero-order valence-corrected chi connectivity index (χ0v) is 14.1. The van der Waals surface area contributed by atoms with E-state index in [0.29, 0.717) is 11.5 Å². The maximum Gasteiger partial charge on any atom is 0.0738 e. The Morgan fingerprint density at radius 3 is 2.44 bits per heavy atom. The van der Waals surface area contributed by atoms with Gasteiger partial charge in [0.05, 0.1) is 15.9 Å². The van der Waals surface area contributed by atoms with Crippen LogP contribution in [0.5, 0.6) is 0 Å². The summed E-state index contributed by atoms with van der Waals surface area (Å²) < 4.78 is 3.27. The Morgan fingerprint density at radius 2 is 2.00 bits per heavy atom. The fraction of sp³-hybridized carbons (Fsp3) is 0.786. The van der Waals surface area contributed by atoms with Crippen LogP contribution in [-0.4, -0.2) is 22.9 Å². The molecule has 1 rings (SSSR count). The molecule has 0 aromatic carbocycles. The highest BCUT2D eigenvalue weighted by atomic mass is 79.9. The van der Waals surface area contributed by atoms with E-state index in [2.05, 4.69) is 65.6 Å². The molecule has 4 heteroatoms. The summed E-state index contributed by atoms with van der Waals surface area (Å²) in [6.45, 7) is 12.0.